The molecule has 0 aliphatic carbocycles. The molecule has 1 atom stereocenters. The van der Waals surface area contributed by atoms with E-state index in [1.54, 1.807) is 22.9 Å². The summed E-state index contributed by atoms with van der Waals surface area (Å²) in [5, 5.41) is 7.87. The summed E-state index contributed by atoms with van der Waals surface area (Å²) >= 11 is 0. The van der Waals surface area contributed by atoms with Gasteiger partial charge in [0.2, 0.25) is 0 Å². The van der Waals surface area contributed by atoms with Crippen LogP contribution in [-0.4, -0.2) is 44.8 Å². The molecular formula is C32H32F6N6O. The van der Waals surface area contributed by atoms with Crippen molar-refractivity contribution in [3.05, 3.63) is 88.5 Å². The highest BCUT2D eigenvalue weighted by Gasteiger charge is 2.42. The Kier molecular flexibility index (Phi) is 8.90. The molecule has 5 rings (SSSR count). The summed E-state index contributed by atoms with van der Waals surface area (Å²) in [6.07, 6.45) is -7.19. The molecule has 3 heterocycles. The van der Waals surface area contributed by atoms with Gasteiger partial charge in [0.1, 0.15) is 12.1 Å². The van der Waals surface area contributed by atoms with Crippen LogP contribution in [0.5, 0.6) is 0 Å². The van der Waals surface area contributed by atoms with E-state index in [0.29, 0.717) is 29.3 Å². The predicted molar refractivity (Wildman–Crippen MR) is 158 cm³/mol. The van der Waals surface area contributed by atoms with Gasteiger partial charge in [-0.05, 0) is 68.5 Å². The maximum atomic E-state index is 13.8. The molecule has 1 aliphatic rings. The minimum atomic E-state index is -4.78. The quantitative estimate of drug-likeness (QED) is 0.158. The third-order valence-electron chi connectivity index (χ3n) is 7.87. The number of aromatic nitrogens is 4. The van der Waals surface area contributed by atoms with Gasteiger partial charge in [-0.25, -0.2) is 9.97 Å². The second kappa shape index (κ2) is 12.5. The number of nitrogens with one attached hydrogen (secondary N) is 1. The second-order valence-corrected chi connectivity index (χ2v) is 11.3. The van der Waals surface area contributed by atoms with Crippen LogP contribution in [0.15, 0.2) is 54.9 Å². The van der Waals surface area contributed by atoms with Gasteiger partial charge in [-0.15, -0.1) is 0 Å². The Balaban J connectivity index is 1.41. The van der Waals surface area contributed by atoms with Crippen LogP contribution in [0, 0.1) is 19.8 Å². The normalized spacial score (nSPS) is 15.8. The topological polar surface area (TPSA) is 75.9 Å². The molecule has 1 N–H and O–H groups in total. The number of carbonyl (C=O) groups excluding carboxylic acids is 1. The molecule has 45 heavy (non-hydrogen) atoms. The molecule has 4 aromatic rings. The van der Waals surface area contributed by atoms with E-state index < -0.39 is 36.2 Å². The molecule has 1 aliphatic heterocycles. The van der Waals surface area contributed by atoms with E-state index in [-0.39, 0.29) is 37.1 Å². The van der Waals surface area contributed by atoms with E-state index in [2.05, 4.69) is 20.4 Å². The van der Waals surface area contributed by atoms with E-state index in [4.69, 9.17) is 0 Å². The van der Waals surface area contributed by atoms with Crippen molar-refractivity contribution in [1.82, 2.24) is 19.7 Å². The molecule has 1 fully saturated rings. The van der Waals surface area contributed by atoms with E-state index in [0.717, 1.165) is 29.1 Å². The number of ketones is 1. The lowest BCUT2D eigenvalue weighted by molar-refractivity contribution is -0.176. The monoisotopic (exact) mass is 630 g/mol. The van der Waals surface area contributed by atoms with Crippen molar-refractivity contribution in [2.45, 2.75) is 58.8 Å². The molecule has 1 unspecified atom stereocenters. The van der Waals surface area contributed by atoms with Gasteiger partial charge in [0, 0.05) is 54.3 Å². The molecule has 1 saturated heterocycles. The summed E-state index contributed by atoms with van der Waals surface area (Å²) in [5.74, 6) is -1.06. The van der Waals surface area contributed by atoms with Crippen molar-refractivity contribution >= 4 is 23.0 Å². The fourth-order valence-corrected chi connectivity index (χ4v) is 5.39. The third-order valence-corrected chi connectivity index (χ3v) is 7.87. The van der Waals surface area contributed by atoms with Crippen LogP contribution < -0.4 is 10.2 Å². The zero-order valence-corrected chi connectivity index (χ0v) is 24.9. The number of nitrogens with zero attached hydrogens (tertiary/aromatic N) is 5. The average Bonchev–Trinajstić information content (AvgIpc) is 3.37. The van der Waals surface area contributed by atoms with Crippen molar-refractivity contribution in [3.63, 3.8) is 0 Å². The summed E-state index contributed by atoms with van der Waals surface area (Å²) in [4.78, 5) is 23.2. The average molecular weight is 631 g/mol. The summed E-state index contributed by atoms with van der Waals surface area (Å²) in [6.45, 7) is 5.39. The van der Waals surface area contributed by atoms with E-state index in [1.165, 1.54) is 17.3 Å². The number of Topliss-reactive ketones (excluding diaryl/α,β-unsaturated/α-hetero) is 1. The van der Waals surface area contributed by atoms with E-state index >= 15 is 0 Å². The Morgan fingerprint density at radius 3 is 2.49 bits per heavy atom. The number of rotatable bonds is 8. The van der Waals surface area contributed by atoms with Gasteiger partial charge in [-0.1, -0.05) is 19.1 Å². The van der Waals surface area contributed by atoms with Gasteiger partial charge in [0.15, 0.2) is 11.6 Å². The number of aryl methyl sites for hydroxylation is 3. The maximum absolute atomic E-state index is 13.8. The molecule has 2 aromatic carbocycles. The van der Waals surface area contributed by atoms with Crippen molar-refractivity contribution in [1.29, 1.82) is 0 Å². The molecule has 0 bridgehead atoms. The number of carbonyl (C=O) groups is 1. The van der Waals surface area contributed by atoms with E-state index in [9.17, 15) is 31.1 Å². The number of hydrogen-bond acceptors (Lipinski definition) is 6. The van der Waals surface area contributed by atoms with Crippen molar-refractivity contribution < 1.29 is 31.1 Å². The Hall–Kier alpha value is -4.42. The Bertz CT molecular complexity index is 1700. The number of anilines is 3. The van der Waals surface area contributed by atoms with Gasteiger partial charge in [-0.2, -0.15) is 36.1 Å². The lowest BCUT2D eigenvalue weighted by Gasteiger charge is -2.35. The Morgan fingerprint density at radius 1 is 1.00 bits per heavy atom. The van der Waals surface area contributed by atoms with Crippen LogP contribution in [-0.2, 0) is 19.0 Å². The first kappa shape index (κ1) is 32.0. The minimum Gasteiger partial charge on any atom is -0.371 e. The molecule has 0 radical (unpaired) electrons. The lowest BCUT2D eigenvalue weighted by atomic mass is 9.95. The molecule has 7 nitrogen and oxygen atoms in total. The van der Waals surface area contributed by atoms with Crippen LogP contribution in [0.25, 0.3) is 5.82 Å². The number of hydrogen-bond donors (Lipinski definition) is 1. The van der Waals surface area contributed by atoms with Crippen molar-refractivity contribution in [2.75, 3.05) is 23.3 Å². The number of halogens is 6. The maximum Gasteiger partial charge on any atom is 0.416 e. The largest absolute Gasteiger partial charge is 0.416 e. The SMILES string of the molecule is CCc1cc(-n2nc(C)cc2Nc2cc(CC(=O)c3cc(N4CCCC(C(F)(F)F)C4)cc(C(F)(F)F)c3)ccc2C)ncn1. The smallest absolute Gasteiger partial charge is 0.371 e. The summed E-state index contributed by atoms with van der Waals surface area (Å²) in [6, 6.07) is 11.7. The highest BCUT2D eigenvalue weighted by molar-refractivity contribution is 5.98. The van der Waals surface area contributed by atoms with Crippen LogP contribution in [0.2, 0.25) is 0 Å². The molecule has 238 valence electrons. The first-order valence-electron chi connectivity index (χ1n) is 14.5. The van der Waals surface area contributed by atoms with Crippen LogP contribution >= 0.6 is 0 Å². The van der Waals surface area contributed by atoms with Gasteiger partial charge in [0.05, 0.1) is 17.2 Å². The van der Waals surface area contributed by atoms with Crippen LogP contribution in [0.3, 0.4) is 0 Å². The number of benzene rings is 2. The second-order valence-electron chi connectivity index (χ2n) is 11.3. The van der Waals surface area contributed by atoms with Crippen molar-refractivity contribution in [3.8, 4) is 5.82 Å². The van der Waals surface area contributed by atoms with Gasteiger partial charge in [-0.3, -0.25) is 4.79 Å². The minimum absolute atomic E-state index is 0.0482. The standard InChI is InChI=1S/C32H32F6N6O/c1-4-25-16-29(40-18-39-25)44-30(10-20(3)42-44)41-27-11-21(8-7-19(27)2)12-28(45)22-13-24(32(36,37)38)15-26(14-22)43-9-5-6-23(17-43)31(33,34)35/h7-8,10-11,13-16,18,23,41H,4-6,9,12,17H2,1-3H3. The van der Waals surface area contributed by atoms with Gasteiger partial charge < -0.3 is 10.2 Å². The van der Waals surface area contributed by atoms with Crippen molar-refractivity contribution in [2.24, 2.45) is 5.92 Å². The fraction of sp³-hybridized carbons (Fsp3) is 0.375. The molecular weight excluding hydrogens is 598 g/mol. The zero-order chi connectivity index (χ0) is 32.5. The Labute approximate surface area is 256 Å². The fourth-order valence-electron chi connectivity index (χ4n) is 5.39. The summed E-state index contributed by atoms with van der Waals surface area (Å²) in [5.41, 5.74) is 2.27. The first-order chi connectivity index (χ1) is 21.2. The third kappa shape index (κ3) is 7.46. The highest BCUT2D eigenvalue weighted by Crippen LogP contribution is 2.38. The number of piperidine rings is 1. The highest BCUT2D eigenvalue weighted by atomic mass is 19.4. The number of alkyl halides is 6. The first-order valence-corrected chi connectivity index (χ1v) is 14.5. The Morgan fingerprint density at radius 2 is 1.78 bits per heavy atom. The van der Waals surface area contributed by atoms with E-state index in [1.807, 2.05) is 32.9 Å². The van der Waals surface area contributed by atoms with Crippen LogP contribution in [0.4, 0.5) is 43.5 Å². The van der Waals surface area contributed by atoms with Gasteiger partial charge >= 0.3 is 12.4 Å². The molecule has 0 spiro atoms. The molecule has 0 amide bonds. The lowest BCUT2D eigenvalue weighted by Crippen LogP contribution is -2.41. The summed E-state index contributed by atoms with van der Waals surface area (Å²) < 4.78 is 83.4. The summed E-state index contributed by atoms with van der Waals surface area (Å²) in [7, 11) is 0. The molecule has 2 aromatic heterocycles. The molecule has 13 heteroatoms. The van der Waals surface area contributed by atoms with Gasteiger partial charge in [0.25, 0.3) is 0 Å². The zero-order valence-electron chi connectivity index (χ0n) is 24.9. The van der Waals surface area contributed by atoms with Crippen LogP contribution in [0.1, 0.15) is 58.2 Å². The molecule has 0 saturated carbocycles. The predicted octanol–water partition coefficient (Wildman–Crippen LogP) is 7.81.